The smallest absolute Gasteiger partial charge is 0.198 e. The molecule has 4 heteroatoms. The maximum Gasteiger partial charge on any atom is 0.198 e. The summed E-state index contributed by atoms with van der Waals surface area (Å²) in [5.41, 5.74) is 6.49. The quantitative estimate of drug-likeness (QED) is 0.678. The van der Waals surface area contributed by atoms with E-state index in [1.807, 2.05) is 6.92 Å². The maximum atomic E-state index is 13.2. The lowest BCUT2D eigenvalue weighted by Crippen LogP contribution is -2.08. The molecule has 98 valence electrons. The lowest BCUT2D eigenvalue weighted by molar-refractivity contribution is 0.103. The molecule has 0 unspecified atom stereocenters. The Labute approximate surface area is 110 Å². The van der Waals surface area contributed by atoms with E-state index in [1.165, 1.54) is 12.1 Å². The molecule has 0 heterocycles. The van der Waals surface area contributed by atoms with Gasteiger partial charge in [0.15, 0.2) is 5.78 Å². The second-order valence-electron chi connectivity index (χ2n) is 3.99. The summed E-state index contributed by atoms with van der Waals surface area (Å²) in [6, 6.07) is 10.6. The van der Waals surface area contributed by atoms with Crippen molar-refractivity contribution < 1.29 is 13.9 Å². The van der Waals surface area contributed by atoms with Crippen LogP contribution in [0.25, 0.3) is 0 Å². The molecule has 3 nitrogen and oxygen atoms in total. The normalized spacial score (nSPS) is 10.2. The molecule has 0 amide bonds. The molecule has 0 aliphatic carbocycles. The summed E-state index contributed by atoms with van der Waals surface area (Å²) in [4.78, 5) is 12.4. The fourth-order valence-corrected chi connectivity index (χ4v) is 1.81. The van der Waals surface area contributed by atoms with E-state index in [0.29, 0.717) is 17.9 Å². The van der Waals surface area contributed by atoms with Crippen molar-refractivity contribution in [3.8, 4) is 5.75 Å². The number of benzene rings is 2. The van der Waals surface area contributed by atoms with Crippen LogP contribution in [0.1, 0.15) is 22.8 Å². The van der Waals surface area contributed by atoms with Gasteiger partial charge in [0.25, 0.3) is 0 Å². The van der Waals surface area contributed by atoms with Gasteiger partial charge in [-0.1, -0.05) is 12.1 Å². The molecular formula is C15H14FNO2. The Morgan fingerprint density at radius 1 is 1.21 bits per heavy atom. The number of nitrogen functional groups attached to an aromatic ring is 1. The van der Waals surface area contributed by atoms with Crippen molar-refractivity contribution in [1.29, 1.82) is 0 Å². The average Bonchev–Trinajstić information content (AvgIpc) is 2.42. The molecule has 2 aromatic carbocycles. The highest BCUT2D eigenvalue weighted by Crippen LogP contribution is 2.24. The van der Waals surface area contributed by atoms with E-state index in [-0.39, 0.29) is 17.0 Å². The van der Waals surface area contributed by atoms with E-state index < -0.39 is 5.82 Å². The van der Waals surface area contributed by atoms with Crippen molar-refractivity contribution in [2.75, 3.05) is 12.3 Å². The van der Waals surface area contributed by atoms with Gasteiger partial charge in [0.1, 0.15) is 11.6 Å². The van der Waals surface area contributed by atoms with Gasteiger partial charge in [0.2, 0.25) is 0 Å². The third-order valence-electron chi connectivity index (χ3n) is 2.69. The van der Waals surface area contributed by atoms with Crippen LogP contribution in [-0.2, 0) is 0 Å². The number of nitrogens with two attached hydrogens (primary N) is 1. The Morgan fingerprint density at radius 2 is 1.95 bits per heavy atom. The molecule has 0 spiro atoms. The van der Waals surface area contributed by atoms with Crippen LogP contribution in [0, 0.1) is 5.82 Å². The van der Waals surface area contributed by atoms with Crippen LogP contribution < -0.4 is 10.5 Å². The third-order valence-corrected chi connectivity index (χ3v) is 2.69. The summed E-state index contributed by atoms with van der Waals surface area (Å²) in [5, 5.41) is 0. The van der Waals surface area contributed by atoms with E-state index in [9.17, 15) is 9.18 Å². The van der Waals surface area contributed by atoms with E-state index in [1.54, 1.807) is 24.3 Å². The first-order valence-corrected chi connectivity index (χ1v) is 5.95. The number of halogens is 1. The van der Waals surface area contributed by atoms with E-state index >= 15 is 0 Å². The molecular weight excluding hydrogens is 245 g/mol. The molecule has 0 atom stereocenters. The Kier molecular flexibility index (Phi) is 3.80. The molecule has 0 saturated heterocycles. The Bertz CT molecular complexity index is 611. The Balaban J connectivity index is 2.47. The van der Waals surface area contributed by atoms with Crippen molar-refractivity contribution in [2.45, 2.75) is 6.92 Å². The number of ether oxygens (including phenoxy) is 1. The molecule has 0 fully saturated rings. The number of hydrogen-bond donors (Lipinski definition) is 1. The predicted molar refractivity (Wildman–Crippen MR) is 71.9 cm³/mol. The summed E-state index contributed by atoms with van der Waals surface area (Å²) in [7, 11) is 0. The zero-order chi connectivity index (χ0) is 13.8. The summed E-state index contributed by atoms with van der Waals surface area (Å²) >= 11 is 0. The summed E-state index contributed by atoms with van der Waals surface area (Å²) < 4.78 is 18.6. The summed E-state index contributed by atoms with van der Waals surface area (Å²) in [5.74, 6) is -0.369. The SMILES string of the molecule is CCOc1ccccc1C(=O)c1cc(F)ccc1N. The zero-order valence-corrected chi connectivity index (χ0v) is 10.5. The number of para-hydroxylation sites is 1. The third kappa shape index (κ3) is 2.73. The monoisotopic (exact) mass is 259 g/mol. The first-order chi connectivity index (χ1) is 9.13. The van der Waals surface area contributed by atoms with Crippen LogP contribution >= 0.6 is 0 Å². The van der Waals surface area contributed by atoms with Gasteiger partial charge in [-0.25, -0.2) is 4.39 Å². The van der Waals surface area contributed by atoms with Gasteiger partial charge in [-0.05, 0) is 37.3 Å². The highest BCUT2D eigenvalue weighted by atomic mass is 19.1. The summed E-state index contributed by atoms with van der Waals surface area (Å²) in [6.07, 6.45) is 0. The fraction of sp³-hybridized carbons (Fsp3) is 0.133. The Hall–Kier alpha value is -2.36. The first-order valence-electron chi connectivity index (χ1n) is 5.95. The topological polar surface area (TPSA) is 52.3 Å². The lowest BCUT2D eigenvalue weighted by atomic mass is 10.0. The van der Waals surface area contributed by atoms with E-state index in [2.05, 4.69) is 0 Å². The number of carbonyl (C=O) groups is 1. The van der Waals surface area contributed by atoms with Gasteiger partial charge in [-0.3, -0.25) is 4.79 Å². The van der Waals surface area contributed by atoms with Crippen molar-refractivity contribution in [1.82, 2.24) is 0 Å². The molecule has 2 aromatic rings. The standard InChI is InChI=1S/C15H14FNO2/c1-2-19-14-6-4-3-5-11(14)15(18)12-9-10(16)7-8-13(12)17/h3-9H,2,17H2,1H3. The van der Waals surface area contributed by atoms with Crippen LogP contribution in [0.5, 0.6) is 5.75 Å². The van der Waals surface area contributed by atoms with Crippen LogP contribution in [0.15, 0.2) is 42.5 Å². The number of hydrogen-bond acceptors (Lipinski definition) is 3. The molecule has 0 aliphatic heterocycles. The first kappa shape index (κ1) is 13.1. The van der Waals surface area contributed by atoms with Crippen LogP contribution in [0.3, 0.4) is 0 Å². The minimum atomic E-state index is -0.494. The highest BCUT2D eigenvalue weighted by Gasteiger charge is 2.17. The second kappa shape index (κ2) is 5.52. The van der Waals surface area contributed by atoms with Crippen LogP contribution in [0.2, 0.25) is 0 Å². The number of rotatable bonds is 4. The average molecular weight is 259 g/mol. The number of ketones is 1. The van der Waals surface area contributed by atoms with Crippen molar-refractivity contribution in [3.05, 3.63) is 59.4 Å². The Morgan fingerprint density at radius 3 is 2.68 bits per heavy atom. The van der Waals surface area contributed by atoms with Crippen LogP contribution in [0.4, 0.5) is 10.1 Å². The molecule has 0 aliphatic rings. The predicted octanol–water partition coefficient (Wildman–Crippen LogP) is 3.04. The van der Waals surface area contributed by atoms with Crippen molar-refractivity contribution in [2.24, 2.45) is 0 Å². The molecule has 0 aromatic heterocycles. The van der Waals surface area contributed by atoms with Gasteiger partial charge < -0.3 is 10.5 Å². The van der Waals surface area contributed by atoms with Crippen molar-refractivity contribution >= 4 is 11.5 Å². The lowest BCUT2D eigenvalue weighted by Gasteiger charge is -2.10. The molecule has 0 radical (unpaired) electrons. The van der Waals surface area contributed by atoms with Gasteiger partial charge in [-0.2, -0.15) is 0 Å². The molecule has 2 rings (SSSR count). The van der Waals surface area contributed by atoms with E-state index in [0.717, 1.165) is 6.07 Å². The molecule has 2 N–H and O–H groups in total. The number of anilines is 1. The van der Waals surface area contributed by atoms with Crippen molar-refractivity contribution in [3.63, 3.8) is 0 Å². The minimum absolute atomic E-state index is 0.146. The second-order valence-corrected chi connectivity index (χ2v) is 3.99. The molecule has 0 bridgehead atoms. The van der Waals surface area contributed by atoms with Gasteiger partial charge in [0, 0.05) is 11.3 Å². The van der Waals surface area contributed by atoms with E-state index in [4.69, 9.17) is 10.5 Å². The van der Waals surface area contributed by atoms with Gasteiger partial charge in [-0.15, -0.1) is 0 Å². The number of carbonyl (C=O) groups excluding carboxylic acids is 1. The van der Waals surface area contributed by atoms with Gasteiger partial charge >= 0.3 is 0 Å². The summed E-state index contributed by atoms with van der Waals surface area (Å²) in [6.45, 7) is 2.28. The molecule has 19 heavy (non-hydrogen) atoms. The highest BCUT2D eigenvalue weighted by molar-refractivity contribution is 6.13. The van der Waals surface area contributed by atoms with Crippen LogP contribution in [-0.4, -0.2) is 12.4 Å². The van der Waals surface area contributed by atoms with Gasteiger partial charge in [0.05, 0.1) is 12.2 Å². The minimum Gasteiger partial charge on any atom is -0.493 e. The zero-order valence-electron chi connectivity index (χ0n) is 10.5. The fourth-order valence-electron chi connectivity index (χ4n) is 1.81. The molecule has 0 saturated carbocycles. The largest absolute Gasteiger partial charge is 0.493 e. The maximum absolute atomic E-state index is 13.2.